The van der Waals surface area contributed by atoms with Crippen LogP contribution in [0.1, 0.15) is 37.1 Å². The second-order valence-electron chi connectivity index (χ2n) is 5.28. The van der Waals surface area contributed by atoms with E-state index in [0.717, 1.165) is 16.0 Å². The molecule has 0 spiro atoms. The van der Waals surface area contributed by atoms with Crippen LogP contribution in [0.2, 0.25) is 0 Å². The van der Waals surface area contributed by atoms with Crippen LogP contribution in [0.5, 0.6) is 11.5 Å². The summed E-state index contributed by atoms with van der Waals surface area (Å²) in [5, 5.41) is 3.61. The van der Waals surface area contributed by atoms with E-state index in [2.05, 4.69) is 59.4 Å². The van der Waals surface area contributed by atoms with Crippen LogP contribution in [-0.2, 0) is 0 Å². The van der Waals surface area contributed by atoms with Gasteiger partial charge in [0, 0.05) is 16.6 Å². The number of nitrogens with one attached hydrogen (secondary N) is 1. The Morgan fingerprint density at radius 3 is 2.43 bits per heavy atom. The van der Waals surface area contributed by atoms with Crippen molar-refractivity contribution in [1.29, 1.82) is 0 Å². The lowest BCUT2D eigenvalue weighted by atomic mass is 10.0. The first-order chi connectivity index (χ1) is 10.1. The summed E-state index contributed by atoms with van der Waals surface area (Å²) in [6, 6.07) is 15.0. The monoisotopic (exact) mass is 347 g/mol. The second-order valence-corrected chi connectivity index (χ2v) is 6.19. The van der Waals surface area contributed by atoms with Gasteiger partial charge in [0.15, 0.2) is 11.5 Å². The van der Waals surface area contributed by atoms with Gasteiger partial charge < -0.3 is 14.8 Å². The molecule has 0 amide bonds. The summed E-state index contributed by atoms with van der Waals surface area (Å²) in [5.41, 5.74) is 2.46. The maximum atomic E-state index is 5.44. The Hall–Kier alpha value is -1.52. The summed E-state index contributed by atoms with van der Waals surface area (Å²) in [7, 11) is 0. The van der Waals surface area contributed by atoms with Crippen LogP contribution >= 0.6 is 15.9 Å². The molecule has 0 saturated heterocycles. The largest absolute Gasteiger partial charge is 0.454 e. The van der Waals surface area contributed by atoms with E-state index in [1.54, 1.807) is 0 Å². The van der Waals surface area contributed by atoms with Crippen molar-refractivity contribution >= 4 is 15.9 Å². The van der Waals surface area contributed by atoms with Crippen molar-refractivity contribution in [3.05, 3.63) is 58.1 Å². The van der Waals surface area contributed by atoms with Gasteiger partial charge in [0.25, 0.3) is 0 Å². The molecule has 3 rings (SSSR count). The van der Waals surface area contributed by atoms with E-state index in [0.29, 0.717) is 6.79 Å². The first-order valence-corrected chi connectivity index (χ1v) is 7.84. The molecular weight excluding hydrogens is 330 g/mol. The maximum absolute atomic E-state index is 5.44. The van der Waals surface area contributed by atoms with Gasteiger partial charge in [0.1, 0.15) is 0 Å². The third-order valence-electron chi connectivity index (χ3n) is 3.75. The highest BCUT2D eigenvalue weighted by Crippen LogP contribution is 2.34. The van der Waals surface area contributed by atoms with Gasteiger partial charge in [-0.3, -0.25) is 0 Å². The van der Waals surface area contributed by atoms with Gasteiger partial charge in [0.2, 0.25) is 6.79 Å². The van der Waals surface area contributed by atoms with Gasteiger partial charge in [-0.2, -0.15) is 0 Å². The zero-order valence-electron chi connectivity index (χ0n) is 12.1. The van der Waals surface area contributed by atoms with E-state index in [1.165, 1.54) is 11.1 Å². The predicted octanol–water partition coefficient (Wildman–Crippen LogP) is 4.59. The summed E-state index contributed by atoms with van der Waals surface area (Å²) in [4.78, 5) is 0. The molecule has 2 unspecified atom stereocenters. The quantitative estimate of drug-likeness (QED) is 0.877. The Morgan fingerprint density at radius 1 is 0.952 bits per heavy atom. The van der Waals surface area contributed by atoms with Gasteiger partial charge in [0.05, 0.1) is 0 Å². The molecule has 1 aliphatic heterocycles. The van der Waals surface area contributed by atoms with E-state index in [-0.39, 0.29) is 12.1 Å². The molecule has 0 aromatic heterocycles. The summed E-state index contributed by atoms with van der Waals surface area (Å²) >= 11 is 3.52. The topological polar surface area (TPSA) is 30.5 Å². The standard InChI is InChI=1S/C17H18BrNO2/c1-11(13-4-3-5-15(18)8-13)19-12(2)14-6-7-16-17(9-14)21-10-20-16/h3-9,11-12,19H,10H2,1-2H3. The van der Waals surface area contributed by atoms with Crippen LogP contribution < -0.4 is 14.8 Å². The molecule has 2 aromatic rings. The third kappa shape index (κ3) is 3.22. The summed E-state index contributed by atoms with van der Waals surface area (Å²) in [5.74, 6) is 1.65. The smallest absolute Gasteiger partial charge is 0.231 e. The lowest BCUT2D eigenvalue weighted by molar-refractivity contribution is 0.174. The Morgan fingerprint density at radius 2 is 1.67 bits per heavy atom. The minimum absolute atomic E-state index is 0.230. The van der Waals surface area contributed by atoms with Crippen LogP contribution in [0.25, 0.3) is 0 Å². The molecule has 0 fully saturated rings. The summed E-state index contributed by atoms with van der Waals surface area (Å²) in [6.45, 7) is 4.65. The van der Waals surface area contributed by atoms with E-state index >= 15 is 0 Å². The van der Waals surface area contributed by atoms with E-state index in [4.69, 9.17) is 9.47 Å². The van der Waals surface area contributed by atoms with E-state index < -0.39 is 0 Å². The van der Waals surface area contributed by atoms with Crippen molar-refractivity contribution in [3.63, 3.8) is 0 Å². The Balaban J connectivity index is 1.72. The SMILES string of the molecule is CC(NC(C)c1ccc2c(c1)OCO2)c1cccc(Br)c1. The average Bonchev–Trinajstić information content (AvgIpc) is 2.94. The van der Waals surface area contributed by atoms with E-state index in [1.807, 2.05) is 18.2 Å². The highest BCUT2D eigenvalue weighted by atomic mass is 79.9. The second kappa shape index (κ2) is 6.08. The molecule has 110 valence electrons. The van der Waals surface area contributed by atoms with Crippen LogP contribution in [0, 0.1) is 0 Å². The Labute approximate surface area is 133 Å². The van der Waals surface area contributed by atoms with Crippen LogP contribution in [0.4, 0.5) is 0 Å². The number of benzene rings is 2. The molecule has 1 aliphatic rings. The van der Waals surface area contributed by atoms with Crippen molar-refractivity contribution in [2.24, 2.45) is 0 Å². The number of fused-ring (bicyclic) bond motifs is 1. The van der Waals surface area contributed by atoms with Crippen molar-refractivity contribution < 1.29 is 9.47 Å². The van der Waals surface area contributed by atoms with Gasteiger partial charge in [-0.25, -0.2) is 0 Å². The highest BCUT2D eigenvalue weighted by molar-refractivity contribution is 9.10. The van der Waals surface area contributed by atoms with Crippen molar-refractivity contribution in [2.75, 3.05) is 6.79 Å². The lowest BCUT2D eigenvalue weighted by Crippen LogP contribution is -2.22. The lowest BCUT2D eigenvalue weighted by Gasteiger charge is -2.21. The van der Waals surface area contributed by atoms with Gasteiger partial charge in [-0.15, -0.1) is 0 Å². The summed E-state index contributed by atoms with van der Waals surface area (Å²) in [6.07, 6.45) is 0. The molecule has 3 nitrogen and oxygen atoms in total. The zero-order chi connectivity index (χ0) is 14.8. The molecule has 0 aliphatic carbocycles. The predicted molar refractivity (Wildman–Crippen MR) is 86.7 cm³/mol. The highest BCUT2D eigenvalue weighted by Gasteiger charge is 2.17. The van der Waals surface area contributed by atoms with Crippen LogP contribution in [0.15, 0.2) is 46.9 Å². The van der Waals surface area contributed by atoms with Crippen LogP contribution in [-0.4, -0.2) is 6.79 Å². The van der Waals surface area contributed by atoms with Crippen molar-refractivity contribution in [3.8, 4) is 11.5 Å². The molecule has 1 heterocycles. The maximum Gasteiger partial charge on any atom is 0.231 e. The number of rotatable bonds is 4. The van der Waals surface area contributed by atoms with Crippen LogP contribution in [0.3, 0.4) is 0 Å². The number of halogens is 1. The Kier molecular flexibility index (Phi) is 4.17. The van der Waals surface area contributed by atoms with Crippen molar-refractivity contribution in [1.82, 2.24) is 5.32 Å². The van der Waals surface area contributed by atoms with Crippen molar-refractivity contribution in [2.45, 2.75) is 25.9 Å². The van der Waals surface area contributed by atoms with Gasteiger partial charge in [-0.05, 0) is 49.2 Å². The number of hydrogen-bond donors (Lipinski definition) is 1. The first kappa shape index (κ1) is 14.4. The molecular formula is C17H18BrNO2. The molecule has 2 aromatic carbocycles. The fourth-order valence-corrected chi connectivity index (χ4v) is 2.94. The fourth-order valence-electron chi connectivity index (χ4n) is 2.53. The number of ether oxygens (including phenoxy) is 2. The molecule has 2 atom stereocenters. The minimum Gasteiger partial charge on any atom is -0.454 e. The fraction of sp³-hybridized carbons (Fsp3) is 0.294. The first-order valence-electron chi connectivity index (χ1n) is 7.04. The van der Waals surface area contributed by atoms with Gasteiger partial charge in [-0.1, -0.05) is 34.1 Å². The van der Waals surface area contributed by atoms with E-state index in [9.17, 15) is 0 Å². The molecule has 21 heavy (non-hydrogen) atoms. The molecule has 0 saturated carbocycles. The molecule has 1 N–H and O–H groups in total. The zero-order valence-corrected chi connectivity index (χ0v) is 13.7. The number of hydrogen-bond acceptors (Lipinski definition) is 3. The Bertz CT molecular complexity index is 644. The normalized spacial score (nSPS) is 15.8. The average molecular weight is 348 g/mol. The molecule has 4 heteroatoms. The molecule has 0 radical (unpaired) electrons. The van der Waals surface area contributed by atoms with Gasteiger partial charge >= 0.3 is 0 Å². The molecule has 0 bridgehead atoms. The third-order valence-corrected chi connectivity index (χ3v) is 4.24. The minimum atomic E-state index is 0.230. The summed E-state index contributed by atoms with van der Waals surface area (Å²) < 4.78 is 11.9.